The van der Waals surface area contributed by atoms with Crippen LogP contribution in [0, 0.1) is 5.82 Å². The summed E-state index contributed by atoms with van der Waals surface area (Å²) in [6.45, 7) is 3.27. The standard InChI is InChI=1S/C13H19FN2/c1-16-8-7-15-13(10-16)6-5-11-3-2-4-12(14)9-11/h2-4,9,13,15H,5-8,10H2,1H3/t13-/m0/s1. The van der Waals surface area contributed by atoms with Gasteiger partial charge in [0.25, 0.3) is 0 Å². The van der Waals surface area contributed by atoms with E-state index in [0.29, 0.717) is 6.04 Å². The minimum atomic E-state index is -0.133. The Hall–Kier alpha value is -0.930. The van der Waals surface area contributed by atoms with E-state index in [0.717, 1.165) is 38.0 Å². The number of rotatable bonds is 3. The first-order chi connectivity index (χ1) is 7.74. The first-order valence-corrected chi connectivity index (χ1v) is 5.90. The third-order valence-corrected chi connectivity index (χ3v) is 3.13. The number of aryl methyl sites for hydroxylation is 1. The van der Waals surface area contributed by atoms with Gasteiger partial charge in [0.15, 0.2) is 0 Å². The fourth-order valence-corrected chi connectivity index (χ4v) is 2.22. The summed E-state index contributed by atoms with van der Waals surface area (Å²) < 4.78 is 13.0. The van der Waals surface area contributed by atoms with Crippen LogP contribution in [0.5, 0.6) is 0 Å². The molecule has 3 heteroatoms. The van der Waals surface area contributed by atoms with Crippen molar-refractivity contribution < 1.29 is 4.39 Å². The lowest BCUT2D eigenvalue weighted by atomic mass is 10.0. The molecular formula is C13H19FN2. The molecule has 1 atom stereocenters. The van der Waals surface area contributed by atoms with Crippen molar-refractivity contribution in [2.24, 2.45) is 0 Å². The Labute approximate surface area is 96.5 Å². The van der Waals surface area contributed by atoms with Gasteiger partial charge in [-0.05, 0) is 37.6 Å². The van der Waals surface area contributed by atoms with Crippen molar-refractivity contribution in [2.45, 2.75) is 18.9 Å². The van der Waals surface area contributed by atoms with E-state index in [1.807, 2.05) is 6.07 Å². The third kappa shape index (κ3) is 3.29. The lowest BCUT2D eigenvalue weighted by Gasteiger charge is -2.30. The fraction of sp³-hybridized carbons (Fsp3) is 0.538. The summed E-state index contributed by atoms with van der Waals surface area (Å²) in [5.41, 5.74) is 1.09. The third-order valence-electron chi connectivity index (χ3n) is 3.13. The van der Waals surface area contributed by atoms with E-state index >= 15 is 0 Å². The largest absolute Gasteiger partial charge is 0.311 e. The number of hydrogen-bond acceptors (Lipinski definition) is 2. The smallest absolute Gasteiger partial charge is 0.123 e. The average Bonchev–Trinajstić information content (AvgIpc) is 2.27. The van der Waals surface area contributed by atoms with Gasteiger partial charge in [-0.3, -0.25) is 0 Å². The fourth-order valence-electron chi connectivity index (χ4n) is 2.22. The van der Waals surface area contributed by atoms with Crippen molar-refractivity contribution in [1.29, 1.82) is 0 Å². The molecule has 0 aromatic heterocycles. The van der Waals surface area contributed by atoms with Crippen LogP contribution in [0.2, 0.25) is 0 Å². The van der Waals surface area contributed by atoms with Crippen molar-refractivity contribution in [3.8, 4) is 0 Å². The van der Waals surface area contributed by atoms with Gasteiger partial charge in [0.2, 0.25) is 0 Å². The highest BCUT2D eigenvalue weighted by Gasteiger charge is 2.15. The SMILES string of the molecule is CN1CCN[C@@H](CCc2cccc(F)c2)C1. The van der Waals surface area contributed by atoms with Crippen molar-refractivity contribution >= 4 is 0 Å². The van der Waals surface area contributed by atoms with Gasteiger partial charge >= 0.3 is 0 Å². The van der Waals surface area contributed by atoms with E-state index in [2.05, 4.69) is 17.3 Å². The van der Waals surface area contributed by atoms with E-state index in [9.17, 15) is 4.39 Å². The van der Waals surface area contributed by atoms with Crippen molar-refractivity contribution in [3.05, 3.63) is 35.6 Å². The van der Waals surface area contributed by atoms with Gasteiger partial charge in [0.1, 0.15) is 5.82 Å². The number of hydrogen-bond donors (Lipinski definition) is 1. The Morgan fingerprint density at radius 1 is 1.50 bits per heavy atom. The Bertz CT molecular complexity index is 340. The predicted molar refractivity (Wildman–Crippen MR) is 64.0 cm³/mol. The molecule has 88 valence electrons. The molecule has 1 heterocycles. The molecule has 0 spiro atoms. The molecule has 0 unspecified atom stereocenters. The van der Waals surface area contributed by atoms with Gasteiger partial charge in [-0.25, -0.2) is 4.39 Å². The second-order valence-electron chi connectivity index (χ2n) is 4.58. The van der Waals surface area contributed by atoms with Crippen molar-refractivity contribution in [1.82, 2.24) is 10.2 Å². The van der Waals surface area contributed by atoms with E-state index in [4.69, 9.17) is 0 Å². The molecule has 1 aliphatic heterocycles. The molecule has 0 bridgehead atoms. The van der Waals surface area contributed by atoms with E-state index in [1.54, 1.807) is 12.1 Å². The van der Waals surface area contributed by atoms with Gasteiger partial charge in [-0.15, -0.1) is 0 Å². The Morgan fingerprint density at radius 2 is 2.38 bits per heavy atom. The Balaban J connectivity index is 1.82. The van der Waals surface area contributed by atoms with Gasteiger partial charge in [-0.1, -0.05) is 12.1 Å². The van der Waals surface area contributed by atoms with Gasteiger partial charge < -0.3 is 10.2 Å². The molecule has 2 rings (SSSR count). The first-order valence-electron chi connectivity index (χ1n) is 5.90. The highest BCUT2D eigenvalue weighted by atomic mass is 19.1. The molecule has 16 heavy (non-hydrogen) atoms. The maximum Gasteiger partial charge on any atom is 0.123 e. The zero-order chi connectivity index (χ0) is 11.4. The molecular weight excluding hydrogens is 203 g/mol. The molecule has 0 aliphatic carbocycles. The highest BCUT2D eigenvalue weighted by Crippen LogP contribution is 2.09. The summed E-state index contributed by atoms with van der Waals surface area (Å²) in [5, 5.41) is 3.50. The zero-order valence-corrected chi connectivity index (χ0v) is 9.75. The molecule has 1 aliphatic rings. The van der Waals surface area contributed by atoms with Crippen LogP contribution in [0.25, 0.3) is 0 Å². The maximum atomic E-state index is 13.0. The zero-order valence-electron chi connectivity index (χ0n) is 9.75. The topological polar surface area (TPSA) is 15.3 Å². The highest BCUT2D eigenvalue weighted by molar-refractivity contribution is 5.16. The molecule has 1 aromatic rings. The van der Waals surface area contributed by atoms with Crippen LogP contribution in [0.4, 0.5) is 4.39 Å². The van der Waals surface area contributed by atoms with E-state index in [-0.39, 0.29) is 5.82 Å². The number of benzene rings is 1. The maximum absolute atomic E-state index is 13.0. The summed E-state index contributed by atoms with van der Waals surface area (Å²) in [6.07, 6.45) is 2.02. The molecule has 2 nitrogen and oxygen atoms in total. The minimum Gasteiger partial charge on any atom is -0.311 e. The molecule has 1 N–H and O–H groups in total. The second-order valence-corrected chi connectivity index (χ2v) is 4.58. The summed E-state index contributed by atoms with van der Waals surface area (Å²) in [5.74, 6) is -0.133. The van der Waals surface area contributed by atoms with Crippen LogP contribution < -0.4 is 5.32 Å². The van der Waals surface area contributed by atoms with Crippen molar-refractivity contribution in [2.75, 3.05) is 26.7 Å². The number of piperazine rings is 1. The molecule has 1 fully saturated rings. The van der Waals surface area contributed by atoms with Crippen LogP contribution in [0.15, 0.2) is 24.3 Å². The minimum absolute atomic E-state index is 0.133. The molecule has 1 aromatic carbocycles. The predicted octanol–water partition coefficient (Wildman–Crippen LogP) is 1.66. The second kappa shape index (κ2) is 5.41. The van der Waals surface area contributed by atoms with Crippen LogP contribution in [-0.2, 0) is 6.42 Å². The van der Waals surface area contributed by atoms with E-state index in [1.165, 1.54) is 6.07 Å². The summed E-state index contributed by atoms with van der Waals surface area (Å²) in [4.78, 5) is 2.34. The van der Waals surface area contributed by atoms with Crippen LogP contribution in [0.1, 0.15) is 12.0 Å². The van der Waals surface area contributed by atoms with Crippen molar-refractivity contribution in [3.63, 3.8) is 0 Å². The summed E-state index contributed by atoms with van der Waals surface area (Å²) in [6, 6.07) is 7.45. The quantitative estimate of drug-likeness (QED) is 0.836. The Kier molecular flexibility index (Phi) is 3.91. The number of nitrogens with one attached hydrogen (secondary N) is 1. The van der Waals surface area contributed by atoms with Crippen LogP contribution in [0.3, 0.4) is 0 Å². The molecule has 0 saturated carbocycles. The first kappa shape index (κ1) is 11.6. The Morgan fingerprint density at radius 3 is 3.12 bits per heavy atom. The van der Waals surface area contributed by atoms with Crippen LogP contribution >= 0.6 is 0 Å². The molecule has 1 saturated heterocycles. The lowest BCUT2D eigenvalue weighted by Crippen LogP contribution is -2.49. The average molecular weight is 222 g/mol. The molecule has 0 amide bonds. The normalized spacial score (nSPS) is 22.2. The number of halogens is 1. The number of nitrogens with zero attached hydrogens (tertiary/aromatic N) is 1. The van der Waals surface area contributed by atoms with Gasteiger partial charge in [0.05, 0.1) is 0 Å². The van der Waals surface area contributed by atoms with Gasteiger partial charge in [-0.2, -0.15) is 0 Å². The van der Waals surface area contributed by atoms with Gasteiger partial charge in [0, 0.05) is 25.7 Å². The summed E-state index contributed by atoms with van der Waals surface area (Å²) in [7, 11) is 2.15. The monoisotopic (exact) mass is 222 g/mol. The van der Waals surface area contributed by atoms with Crippen LogP contribution in [-0.4, -0.2) is 37.6 Å². The summed E-state index contributed by atoms with van der Waals surface area (Å²) >= 11 is 0. The lowest BCUT2D eigenvalue weighted by molar-refractivity contribution is 0.232. The molecule has 0 radical (unpaired) electrons. The van der Waals surface area contributed by atoms with E-state index < -0.39 is 0 Å². The number of likely N-dealkylation sites (N-methyl/N-ethyl adjacent to an activating group) is 1.